The summed E-state index contributed by atoms with van der Waals surface area (Å²) in [5.74, 6) is -5.86. The number of carbonyl (C=O) groups excluding carboxylic acids is 5. The van der Waals surface area contributed by atoms with Gasteiger partial charge in [-0.3, -0.25) is 24.0 Å². The standard InChI is InChI=1S/C25H35N7O7/c1-12(2)21(25(38)39)32-24(37)18(10-20(28)34)31-23(36)17(30-22(35)15(26)7-8-19(27)33)9-13-11-29-16-6-4-3-5-14(13)16/h3-6,11-12,15,17-18,21,29H,7-10,26H2,1-2H3,(H2,27,33)(H2,28,34)(H,30,35)(H,31,36)(H,32,37)(H,38,39). The van der Waals surface area contributed by atoms with Crippen molar-refractivity contribution in [2.75, 3.05) is 0 Å². The number of rotatable bonds is 15. The molecule has 0 aliphatic carbocycles. The van der Waals surface area contributed by atoms with Gasteiger partial charge in [0.2, 0.25) is 29.5 Å². The molecule has 0 bridgehead atoms. The molecule has 39 heavy (non-hydrogen) atoms. The summed E-state index contributed by atoms with van der Waals surface area (Å²) >= 11 is 0. The Kier molecular flexibility index (Phi) is 11.0. The minimum absolute atomic E-state index is 0.0290. The number of carboxylic acids is 1. The Bertz CT molecular complexity index is 1230. The number of carbonyl (C=O) groups is 6. The van der Waals surface area contributed by atoms with Crippen LogP contribution in [0.3, 0.4) is 0 Å². The number of para-hydroxylation sites is 1. The van der Waals surface area contributed by atoms with E-state index in [1.165, 1.54) is 0 Å². The molecule has 2 rings (SSSR count). The van der Waals surface area contributed by atoms with Gasteiger partial charge in [-0.15, -0.1) is 0 Å². The number of primary amides is 2. The van der Waals surface area contributed by atoms with Crippen molar-refractivity contribution in [3.63, 3.8) is 0 Å². The third-order valence-corrected chi connectivity index (χ3v) is 6.04. The Balaban J connectivity index is 2.31. The Morgan fingerprint density at radius 2 is 1.51 bits per heavy atom. The third kappa shape index (κ3) is 9.10. The summed E-state index contributed by atoms with van der Waals surface area (Å²) in [5, 5.41) is 17.4. The molecule has 0 saturated carbocycles. The highest BCUT2D eigenvalue weighted by Crippen LogP contribution is 2.19. The largest absolute Gasteiger partial charge is 0.480 e. The van der Waals surface area contributed by atoms with E-state index in [2.05, 4.69) is 20.9 Å². The van der Waals surface area contributed by atoms with Crippen LogP contribution in [0.2, 0.25) is 0 Å². The quantitative estimate of drug-likeness (QED) is 0.129. The van der Waals surface area contributed by atoms with Crippen molar-refractivity contribution in [1.82, 2.24) is 20.9 Å². The zero-order valence-electron chi connectivity index (χ0n) is 21.7. The maximum absolute atomic E-state index is 13.4. The predicted molar refractivity (Wildman–Crippen MR) is 140 cm³/mol. The van der Waals surface area contributed by atoms with Gasteiger partial charge in [0.1, 0.15) is 18.1 Å². The minimum atomic E-state index is -1.51. The molecule has 0 aliphatic rings. The number of fused-ring (bicyclic) bond motifs is 1. The maximum Gasteiger partial charge on any atom is 0.326 e. The summed E-state index contributed by atoms with van der Waals surface area (Å²) in [7, 11) is 0. The number of aromatic nitrogens is 1. The zero-order chi connectivity index (χ0) is 29.3. The van der Waals surface area contributed by atoms with E-state index in [4.69, 9.17) is 17.2 Å². The molecule has 11 N–H and O–H groups in total. The number of hydrogen-bond acceptors (Lipinski definition) is 7. The van der Waals surface area contributed by atoms with Crippen LogP contribution in [0.4, 0.5) is 0 Å². The number of nitrogens with one attached hydrogen (secondary N) is 4. The first-order valence-electron chi connectivity index (χ1n) is 12.3. The van der Waals surface area contributed by atoms with Crippen LogP contribution in [-0.2, 0) is 35.2 Å². The van der Waals surface area contributed by atoms with E-state index in [9.17, 15) is 33.9 Å². The molecule has 4 atom stereocenters. The molecule has 0 radical (unpaired) electrons. The number of aliphatic carboxylic acids is 1. The lowest BCUT2D eigenvalue weighted by Crippen LogP contribution is -2.58. The summed E-state index contributed by atoms with van der Waals surface area (Å²) in [6.45, 7) is 3.16. The highest BCUT2D eigenvalue weighted by atomic mass is 16.4. The highest BCUT2D eigenvalue weighted by Gasteiger charge is 2.32. The summed E-state index contributed by atoms with van der Waals surface area (Å²) in [6.07, 6.45) is 0.820. The van der Waals surface area contributed by atoms with E-state index in [1.807, 2.05) is 18.2 Å². The third-order valence-electron chi connectivity index (χ3n) is 6.04. The fraction of sp³-hybridized carbons (Fsp3) is 0.440. The summed E-state index contributed by atoms with van der Waals surface area (Å²) < 4.78 is 0. The lowest BCUT2D eigenvalue weighted by molar-refractivity contribution is -0.143. The number of amides is 5. The molecule has 0 saturated heterocycles. The van der Waals surface area contributed by atoms with Crippen molar-refractivity contribution in [1.29, 1.82) is 0 Å². The van der Waals surface area contributed by atoms with Gasteiger partial charge in [0.25, 0.3) is 0 Å². The molecule has 0 fully saturated rings. The van der Waals surface area contributed by atoms with Crippen LogP contribution >= 0.6 is 0 Å². The van der Waals surface area contributed by atoms with Crippen molar-refractivity contribution in [2.24, 2.45) is 23.1 Å². The van der Waals surface area contributed by atoms with E-state index >= 15 is 0 Å². The van der Waals surface area contributed by atoms with Gasteiger partial charge in [-0.1, -0.05) is 32.0 Å². The average Bonchev–Trinajstić information content (AvgIpc) is 3.26. The van der Waals surface area contributed by atoms with Crippen molar-refractivity contribution in [3.05, 3.63) is 36.0 Å². The molecule has 4 unspecified atom stereocenters. The van der Waals surface area contributed by atoms with Crippen molar-refractivity contribution >= 4 is 46.4 Å². The first kappa shape index (κ1) is 30.8. The second-order valence-electron chi connectivity index (χ2n) is 9.54. The molecule has 2 aromatic rings. The predicted octanol–water partition coefficient (Wildman–Crippen LogP) is -1.63. The molecule has 1 heterocycles. The molecular weight excluding hydrogens is 510 g/mol. The molecule has 1 aromatic carbocycles. The van der Waals surface area contributed by atoms with Crippen molar-refractivity contribution < 1.29 is 33.9 Å². The van der Waals surface area contributed by atoms with Gasteiger partial charge in [0.05, 0.1) is 12.5 Å². The summed E-state index contributed by atoms with van der Waals surface area (Å²) in [6, 6.07) is 2.05. The summed E-state index contributed by atoms with van der Waals surface area (Å²) in [5.41, 5.74) is 17.7. The molecule has 14 nitrogen and oxygen atoms in total. The van der Waals surface area contributed by atoms with E-state index < -0.39 is 72.0 Å². The van der Waals surface area contributed by atoms with E-state index in [0.29, 0.717) is 5.56 Å². The van der Waals surface area contributed by atoms with Crippen molar-refractivity contribution in [3.8, 4) is 0 Å². The Hall–Kier alpha value is -4.46. The molecule has 1 aromatic heterocycles. The number of aromatic amines is 1. The highest BCUT2D eigenvalue weighted by molar-refractivity contribution is 5.96. The van der Waals surface area contributed by atoms with E-state index in [1.54, 1.807) is 26.1 Å². The Morgan fingerprint density at radius 3 is 2.10 bits per heavy atom. The molecule has 0 aliphatic heterocycles. The summed E-state index contributed by atoms with van der Waals surface area (Å²) in [4.78, 5) is 76.4. The monoisotopic (exact) mass is 545 g/mol. The van der Waals surface area contributed by atoms with Gasteiger partial charge >= 0.3 is 5.97 Å². The fourth-order valence-corrected chi connectivity index (χ4v) is 3.89. The first-order chi connectivity index (χ1) is 18.3. The molecule has 0 spiro atoms. The molecular formula is C25H35N7O7. The topological polar surface area (TPSA) is 253 Å². The Labute approximate surface area is 224 Å². The number of H-pyrrole nitrogens is 1. The van der Waals surface area contributed by atoms with Crippen LogP contribution in [0.5, 0.6) is 0 Å². The van der Waals surface area contributed by atoms with Crippen LogP contribution in [0.15, 0.2) is 30.5 Å². The van der Waals surface area contributed by atoms with Crippen LogP contribution in [0.1, 0.15) is 38.7 Å². The molecule has 14 heteroatoms. The smallest absolute Gasteiger partial charge is 0.326 e. The molecule has 212 valence electrons. The van der Waals surface area contributed by atoms with Crippen LogP contribution in [0, 0.1) is 5.92 Å². The van der Waals surface area contributed by atoms with E-state index in [-0.39, 0.29) is 19.3 Å². The Morgan fingerprint density at radius 1 is 0.897 bits per heavy atom. The van der Waals surface area contributed by atoms with Gasteiger partial charge in [-0.25, -0.2) is 4.79 Å². The van der Waals surface area contributed by atoms with Gasteiger partial charge in [0.15, 0.2) is 0 Å². The second kappa shape index (κ2) is 13.9. The number of benzene rings is 1. The fourth-order valence-electron chi connectivity index (χ4n) is 3.89. The van der Waals surface area contributed by atoms with Gasteiger partial charge in [0, 0.05) is 29.9 Å². The molecule has 5 amide bonds. The minimum Gasteiger partial charge on any atom is -0.480 e. The lowest BCUT2D eigenvalue weighted by atomic mass is 10.0. The number of nitrogens with two attached hydrogens (primary N) is 3. The zero-order valence-corrected chi connectivity index (χ0v) is 21.7. The first-order valence-corrected chi connectivity index (χ1v) is 12.3. The van der Waals surface area contributed by atoms with Crippen LogP contribution < -0.4 is 33.2 Å². The van der Waals surface area contributed by atoms with Crippen molar-refractivity contribution in [2.45, 2.75) is 63.7 Å². The van der Waals surface area contributed by atoms with Gasteiger partial charge in [-0.2, -0.15) is 0 Å². The number of carboxylic acid groups (broad SMARTS) is 1. The lowest BCUT2D eigenvalue weighted by Gasteiger charge is -2.25. The number of hydrogen-bond donors (Lipinski definition) is 8. The van der Waals surface area contributed by atoms with Gasteiger partial charge in [-0.05, 0) is 24.0 Å². The average molecular weight is 546 g/mol. The van der Waals surface area contributed by atoms with Crippen LogP contribution in [0.25, 0.3) is 10.9 Å². The second-order valence-corrected chi connectivity index (χ2v) is 9.54. The maximum atomic E-state index is 13.4. The van der Waals surface area contributed by atoms with Crippen LogP contribution in [-0.4, -0.2) is 69.8 Å². The SMILES string of the molecule is CC(C)C(NC(=O)C(CC(N)=O)NC(=O)C(Cc1c[nH]c2ccccc12)NC(=O)C(N)CCC(N)=O)C(=O)O. The van der Waals surface area contributed by atoms with Gasteiger partial charge < -0.3 is 43.2 Å². The normalized spacial score (nSPS) is 14.2. The van der Waals surface area contributed by atoms with E-state index in [0.717, 1.165) is 10.9 Å².